The zero-order chi connectivity index (χ0) is 10.4. The molecule has 1 aromatic carbocycles. The van der Waals surface area contributed by atoms with Crippen molar-refractivity contribution in [3.05, 3.63) is 29.8 Å². The molecule has 3 heteroatoms. The second-order valence-electron chi connectivity index (χ2n) is 3.39. The number of hydrogen-bond donors (Lipinski definition) is 1. The van der Waals surface area contributed by atoms with Crippen molar-refractivity contribution in [1.82, 2.24) is 4.90 Å². The number of benzene rings is 1. The molecule has 0 aromatic heterocycles. The molecule has 0 aliphatic rings. The Balaban J connectivity index is 2.44. The number of nitrogens with two attached hydrogens (primary N) is 1. The largest absolute Gasteiger partial charge is 0.399 e. The fourth-order valence-corrected chi connectivity index (χ4v) is 1.25. The van der Waals surface area contributed by atoms with Crippen LogP contribution < -0.4 is 5.73 Å². The van der Waals surface area contributed by atoms with Gasteiger partial charge in [-0.3, -0.25) is 0 Å². The molecule has 0 atom stereocenters. The summed E-state index contributed by atoms with van der Waals surface area (Å²) in [5, 5.41) is 8.42. The molecule has 0 aliphatic carbocycles. The first kappa shape index (κ1) is 10.6. The molecule has 0 spiro atoms. The minimum absolute atomic E-state index is 0.575. The lowest BCUT2D eigenvalue weighted by Gasteiger charge is -2.14. The van der Waals surface area contributed by atoms with Crippen molar-refractivity contribution in [3.8, 4) is 6.07 Å². The summed E-state index contributed by atoms with van der Waals surface area (Å²) in [6.45, 7) is 1.67. The summed E-state index contributed by atoms with van der Waals surface area (Å²) in [5.74, 6) is 0. The van der Waals surface area contributed by atoms with E-state index in [2.05, 4.69) is 11.0 Å². The van der Waals surface area contributed by atoms with Crippen LogP contribution in [-0.4, -0.2) is 18.5 Å². The van der Waals surface area contributed by atoms with Crippen LogP contribution in [0.5, 0.6) is 0 Å². The van der Waals surface area contributed by atoms with Gasteiger partial charge in [-0.1, -0.05) is 12.1 Å². The van der Waals surface area contributed by atoms with Gasteiger partial charge >= 0.3 is 0 Å². The molecule has 0 amide bonds. The summed E-state index contributed by atoms with van der Waals surface area (Å²) in [4.78, 5) is 2.12. The molecule has 1 aromatic rings. The number of anilines is 1. The average Bonchev–Trinajstić information content (AvgIpc) is 2.18. The Bertz CT molecular complexity index is 310. The Morgan fingerprint density at radius 1 is 1.36 bits per heavy atom. The lowest BCUT2D eigenvalue weighted by Crippen LogP contribution is -2.18. The van der Waals surface area contributed by atoms with Crippen LogP contribution in [-0.2, 0) is 6.54 Å². The van der Waals surface area contributed by atoms with Gasteiger partial charge in [-0.15, -0.1) is 0 Å². The van der Waals surface area contributed by atoms with Crippen LogP contribution in [0.25, 0.3) is 0 Å². The van der Waals surface area contributed by atoms with E-state index in [4.69, 9.17) is 11.0 Å². The summed E-state index contributed by atoms with van der Waals surface area (Å²) >= 11 is 0. The van der Waals surface area contributed by atoms with E-state index >= 15 is 0 Å². The highest BCUT2D eigenvalue weighted by Crippen LogP contribution is 2.07. The monoisotopic (exact) mass is 189 g/mol. The van der Waals surface area contributed by atoms with Gasteiger partial charge < -0.3 is 10.6 Å². The molecular formula is C11H15N3. The van der Waals surface area contributed by atoms with Gasteiger partial charge in [0, 0.05) is 25.2 Å². The number of nitrogen functional groups attached to an aromatic ring is 1. The number of nitrogens with zero attached hydrogens (tertiary/aromatic N) is 2. The molecule has 0 fully saturated rings. The molecule has 1 rings (SSSR count). The fraction of sp³-hybridized carbons (Fsp3) is 0.364. The molecule has 0 aliphatic heterocycles. The maximum absolute atomic E-state index is 8.42. The van der Waals surface area contributed by atoms with Gasteiger partial charge in [0.25, 0.3) is 0 Å². The fourth-order valence-electron chi connectivity index (χ4n) is 1.25. The SMILES string of the molecule is CN(CCC#N)Cc1ccc(N)cc1. The Labute approximate surface area is 84.7 Å². The van der Waals surface area contributed by atoms with Crippen molar-refractivity contribution in [1.29, 1.82) is 5.26 Å². The first-order valence-electron chi connectivity index (χ1n) is 4.62. The van der Waals surface area contributed by atoms with Crippen LogP contribution in [0.15, 0.2) is 24.3 Å². The molecule has 0 heterocycles. The van der Waals surface area contributed by atoms with Gasteiger partial charge in [0.05, 0.1) is 6.07 Å². The van der Waals surface area contributed by atoms with Gasteiger partial charge in [-0.05, 0) is 24.7 Å². The van der Waals surface area contributed by atoms with Gasteiger partial charge in [0.15, 0.2) is 0 Å². The molecule has 0 saturated carbocycles. The summed E-state index contributed by atoms with van der Waals surface area (Å²) in [7, 11) is 2.01. The van der Waals surface area contributed by atoms with E-state index in [-0.39, 0.29) is 0 Å². The molecule has 0 unspecified atom stereocenters. The minimum atomic E-state index is 0.575. The van der Waals surface area contributed by atoms with E-state index in [0.717, 1.165) is 18.8 Å². The van der Waals surface area contributed by atoms with E-state index in [1.54, 1.807) is 0 Å². The molecule has 74 valence electrons. The topological polar surface area (TPSA) is 53.0 Å². The highest BCUT2D eigenvalue weighted by atomic mass is 15.1. The highest BCUT2D eigenvalue weighted by molar-refractivity contribution is 5.39. The normalized spacial score (nSPS) is 10.1. The zero-order valence-corrected chi connectivity index (χ0v) is 8.40. The summed E-state index contributed by atoms with van der Waals surface area (Å²) < 4.78 is 0. The third-order valence-electron chi connectivity index (χ3n) is 2.04. The maximum atomic E-state index is 8.42. The van der Waals surface area contributed by atoms with Crippen LogP contribution in [0.4, 0.5) is 5.69 Å². The standard InChI is InChI=1S/C11H15N3/c1-14(8-2-7-12)9-10-3-5-11(13)6-4-10/h3-6H,2,8-9,13H2,1H3. The van der Waals surface area contributed by atoms with E-state index in [1.807, 2.05) is 31.3 Å². The lowest BCUT2D eigenvalue weighted by molar-refractivity contribution is 0.335. The van der Waals surface area contributed by atoms with Crippen LogP contribution >= 0.6 is 0 Å². The Hall–Kier alpha value is -1.53. The quantitative estimate of drug-likeness (QED) is 0.732. The molecule has 14 heavy (non-hydrogen) atoms. The molecule has 2 N–H and O–H groups in total. The smallest absolute Gasteiger partial charge is 0.0635 e. The summed E-state index contributed by atoms with van der Waals surface area (Å²) in [6, 6.07) is 9.95. The van der Waals surface area contributed by atoms with Gasteiger partial charge in [0.1, 0.15) is 0 Å². The van der Waals surface area contributed by atoms with Crippen LogP contribution in [0.3, 0.4) is 0 Å². The van der Waals surface area contributed by atoms with E-state index in [0.29, 0.717) is 6.42 Å². The lowest BCUT2D eigenvalue weighted by atomic mass is 10.2. The summed E-state index contributed by atoms with van der Waals surface area (Å²) in [6.07, 6.45) is 0.575. The maximum Gasteiger partial charge on any atom is 0.0635 e. The Morgan fingerprint density at radius 3 is 2.57 bits per heavy atom. The van der Waals surface area contributed by atoms with Gasteiger partial charge in [-0.2, -0.15) is 5.26 Å². The average molecular weight is 189 g/mol. The van der Waals surface area contributed by atoms with Gasteiger partial charge in [0.2, 0.25) is 0 Å². The van der Waals surface area contributed by atoms with Crippen molar-refractivity contribution < 1.29 is 0 Å². The van der Waals surface area contributed by atoms with Crippen LogP contribution in [0.2, 0.25) is 0 Å². The van der Waals surface area contributed by atoms with E-state index in [1.165, 1.54) is 5.56 Å². The number of rotatable bonds is 4. The van der Waals surface area contributed by atoms with Crippen molar-refractivity contribution in [2.75, 3.05) is 19.3 Å². The third kappa shape index (κ3) is 3.46. The second-order valence-corrected chi connectivity index (χ2v) is 3.39. The van der Waals surface area contributed by atoms with E-state index in [9.17, 15) is 0 Å². The third-order valence-corrected chi connectivity index (χ3v) is 2.04. The first-order valence-corrected chi connectivity index (χ1v) is 4.62. The van der Waals surface area contributed by atoms with Crippen molar-refractivity contribution in [3.63, 3.8) is 0 Å². The predicted octanol–water partition coefficient (Wildman–Crippen LogP) is 1.61. The number of hydrogen-bond acceptors (Lipinski definition) is 3. The Kier molecular flexibility index (Phi) is 3.96. The highest BCUT2D eigenvalue weighted by Gasteiger charge is 1.99. The number of nitriles is 1. The predicted molar refractivity (Wildman–Crippen MR) is 57.4 cm³/mol. The Morgan fingerprint density at radius 2 is 2.00 bits per heavy atom. The second kappa shape index (κ2) is 5.25. The molecule has 0 saturated heterocycles. The molecule has 0 bridgehead atoms. The molecule has 3 nitrogen and oxygen atoms in total. The van der Waals surface area contributed by atoms with Gasteiger partial charge in [-0.25, -0.2) is 0 Å². The minimum Gasteiger partial charge on any atom is -0.399 e. The van der Waals surface area contributed by atoms with Crippen LogP contribution in [0, 0.1) is 11.3 Å². The molecular weight excluding hydrogens is 174 g/mol. The van der Waals surface area contributed by atoms with Crippen molar-refractivity contribution in [2.45, 2.75) is 13.0 Å². The van der Waals surface area contributed by atoms with Crippen molar-refractivity contribution >= 4 is 5.69 Å². The first-order chi connectivity index (χ1) is 6.72. The van der Waals surface area contributed by atoms with Crippen LogP contribution in [0.1, 0.15) is 12.0 Å². The molecule has 0 radical (unpaired) electrons. The van der Waals surface area contributed by atoms with E-state index < -0.39 is 0 Å². The van der Waals surface area contributed by atoms with Crippen molar-refractivity contribution in [2.24, 2.45) is 0 Å². The summed E-state index contributed by atoms with van der Waals surface area (Å²) in [5.41, 5.74) is 7.59. The zero-order valence-electron chi connectivity index (χ0n) is 8.40.